The normalized spacial score (nSPS) is 13.8. The van der Waals surface area contributed by atoms with E-state index in [1.54, 1.807) is 0 Å². The average Bonchev–Trinajstić information content (AvgIpc) is 2.72. The van der Waals surface area contributed by atoms with Gasteiger partial charge >= 0.3 is 0 Å². The summed E-state index contributed by atoms with van der Waals surface area (Å²) < 4.78 is 13.1. The molecule has 1 aliphatic heterocycles. The number of halogens is 1. The van der Waals surface area contributed by atoms with Gasteiger partial charge < -0.3 is 0 Å². The summed E-state index contributed by atoms with van der Waals surface area (Å²) in [5.41, 5.74) is -0.854. The third kappa shape index (κ3) is 4.22. The Morgan fingerprint density at radius 3 is 2.23 bits per heavy atom. The van der Waals surface area contributed by atoms with Crippen LogP contribution in [0.1, 0.15) is 40.0 Å². The number of benzene rings is 2. The summed E-state index contributed by atoms with van der Waals surface area (Å²) in [6, 6.07) is 9.54. The van der Waals surface area contributed by atoms with Crippen LogP contribution in [0.15, 0.2) is 48.5 Å². The summed E-state index contributed by atoms with van der Waals surface area (Å²) in [6.07, 6.45) is 0.266. The minimum Gasteiger partial charge on any atom is -0.292 e. The van der Waals surface area contributed by atoms with Crippen molar-refractivity contribution in [2.75, 3.05) is 6.54 Å². The number of imide groups is 1. The van der Waals surface area contributed by atoms with E-state index in [0.29, 0.717) is 16.4 Å². The highest BCUT2D eigenvalue weighted by molar-refractivity contribution is 6.07. The predicted octanol–water partition coefficient (Wildman–Crippen LogP) is 2.51. The molecule has 1 fully saturated rings. The molecule has 0 spiro atoms. The van der Waals surface area contributed by atoms with Crippen molar-refractivity contribution >= 4 is 29.2 Å². The molecule has 2 aromatic rings. The standard InChI is InChI=1S/C20H16FN3O6/c21-14-10-8-13(9-11-14)17(25)12-22(23-18(26)6-3-7-19(23)27)20(28)15-4-1-2-5-16(15)24(29)30/h1-2,4-5,8-11H,3,6-7,12H2. The van der Waals surface area contributed by atoms with Gasteiger partial charge in [0.15, 0.2) is 5.78 Å². The third-order valence-electron chi connectivity index (χ3n) is 4.52. The number of nitrogens with zero attached hydrogens (tertiary/aromatic N) is 3. The molecule has 10 heteroatoms. The second kappa shape index (κ2) is 8.60. The van der Waals surface area contributed by atoms with Crippen molar-refractivity contribution in [3.8, 4) is 0 Å². The SMILES string of the molecule is O=C(CN(C(=O)c1ccccc1[N+](=O)[O-])N1C(=O)CCCC1=O)c1ccc(F)cc1. The Balaban J connectivity index is 2.01. The monoisotopic (exact) mass is 413 g/mol. The van der Waals surface area contributed by atoms with E-state index in [0.717, 1.165) is 18.2 Å². The van der Waals surface area contributed by atoms with Crippen LogP contribution in [0.4, 0.5) is 10.1 Å². The smallest absolute Gasteiger partial charge is 0.282 e. The van der Waals surface area contributed by atoms with Crippen LogP contribution >= 0.6 is 0 Å². The highest BCUT2D eigenvalue weighted by Gasteiger charge is 2.37. The second-order valence-electron chi connectivity index (χ2n) is 6.52. The van der Waals surface area contributed by atoms with Crippen LogP contribution in [-0.4, -0.2) is 45.0 Å². The van der Waals surface area contributed by atoms with Crippen molar-refractivity contribution in [1.82, 2.24) is 10.0 Å². The molecule has 0 bridgehead atoms. The van der Waals surface area contributed by atoms with E-state index < -0.39 is 46.5 Å². The van der Waals surface area contributed by atoms with Gasteiger partial charge in [-0.05, 0) is 36.8 Å². The highest BCUT2D eigenvalue weighted by Crippen LogP contribution is 2.23. The number of Topliss-reactive ketones (excluding diaryl/α,β-unsaturated/α-hetero) is 1. The Hall–Kier alpha value is -3.95. The van der Waals surface area contributed by atoms with Gasteiger partial charge in [0.1, 0.15) is 17.9 Å². The minimum absolute atomic E-state index is 0.0167. The topological polar surface area (TPSA) is 118 Å². The van der Waals surface area contributed by atoms with Crippen molar-refractivity contribution in [1.29, 1.82) is 0 Å². The van der Waals surface area contributed by atoms with Gasteiger partial charge in [-0.15, -0.1) is 0 Å². The number of nitro groups is 1. The molecular weight excluding hydrogens is 397 g/mol. The summed E-state index contributed by atoms with van der Waals surface area (Å²) in [7, 11) is 0. The summed E-state index contributed by atoms with van der Waals surface area (Å²) in [5, 5.41) is 12.5. The molecule has 1 saturated heterocycles. The van der Waals surface area contributed by atoms with Gasteiger partial charge in [0.25, 0.3) is 11.6 Å². The van der Waals surface area contributed by atoms with E-state index in [-0.39, 0.29) is 24.0 Å². The number of piperidine rings is 1. The zero-order chi connectivity index (χ0) is 21.8. The maximum Gasteiger partial charge on any atom is 0.282 e. The molecule has 30 heavy (non-hydrogen) atoms. The number of hydrogen-bond donors (Lipinski definition) is 0. The van der Waals surface area contributed by atoms with Crippen LogP contribution in [0.5, 0.6) is 0 Å². The molecule has 3 amide bonds. The second-order valence-corrected chi connectivity index (χ2v) is 6.52. The van der Waals surface area contributed by atoms with Crippen LogP contribution < -0.4 is 0 Å². The summed E-state index contributed by atoms with van der Waals surface area (Å²) in [6.45, 7) is -0.728. The molecule has 0 aromatic heterocycles. The van der Waals surface area contributed by atoms with Gasteiger partial charge in [0.05, 0.1) is 4.92 Å². The number of ketones is 1. The Kier molecular flexibility index (Phi) is 5.95. The highest BCUT2D eigenvalue weighted by atomic mass is 19.1. The molecule has 154 valence electrons. The summed E-state index contributed by atoms with van der Waals surface area (Å²) in [5.74, 6) is -3.66. The van der Waals surface area contributed by atoms with Gasteiger partial charge in [-0.3, -0.25) is 29.3 Å². The fourth-order valence-corrected chi connectivity index (χ4v) is 3.06. The minimum atomic E-state index is -1.04. The Bertz CT molecular complexity index is 1020. The van der Waals surface area contributed by atoms with E-state index in [1.165, 1.54) is 30.3 Å². The first kappa shape index (κ1) is 20.8. The van der Waals surface area contributed by atoms with Crippen molar-refractivity contribution in [3.63, 3.8) is 0 Å². The van der Waals surface area contributed by atoms with Gasteiger partial charge in [-0.25, -0.2) is 9.40 Å². The number of amides is 3. The van der Waals surface area contributed by atoms with Gasteiger partial charge in [0.2, 0.25) is 11.8 Å². The van der Waals surface area contributed by atoms with E-state index in [2.05, 4.69) is 0 Å². The van der Waals surface area contributed by atoms with Crippen LogP contribution in [0.25, 0.3) is 0 Å². The maximum atomic E-state index is 13.1. The van der Waals surface area contributed by atoms with Crippen LogP contribution in [0.3, 0.4) is 0 Å². The first-order chi connectivity index (χ1) is 14.3. The van der Waals surface area contributed by atoms with Crippen LogP contribution in [0, 0.1) is 15.9 Å². The number of hydrogen-bond acceptors (Lipinski definition) is 6. The third-order valence-corrected chi connectivity index (χ3v) is 4.52. The molecule has 0 radical (unpaired) electrons. The van der Waals surface area contributed by atoms with Crippen molar-refractivity contribution in [2.24, 2.45) is 0 Å². The lowest BCUT2D eigenvalue weighted by Gasteiger charge is -2.34. The number of nitro benzene ring substituents is 1. The molecule has 0 aliphatic carbocycles. The Morgan fingerprint density at radius 2 is 1.63 bits per heavy atom. The molecule has 0 N–H and O–H groups in total. The number of para-hydroxylation sites is 1. The molecule has 2 aromatic carbocycles. The lowest BCUT2D eigenvalue weighted by molar-refractivity contribution is -0.385. The summed E-state index contributed by atoms with van der Waals surface area (Å²) in [4.78, 5) is 61.1. The largest absolute Gasteiger partial charge is 0.292 e. The number of rotatable bonds is 6. The Morgan fingerprint density at radius 1 is 1.03 bits per heavy atom. The molecule has 3 rings (SSSR count). The van der Waals surface area contributed by atoms with Crippen molar-refractivity contribution < 1.29 is 28.5 Å². The van der Waals surface area contributed by atoms with Gasteiger partial charge in [-0.1, -0.05) is 12.1 Å². The van der Waals surface area contributed by atoms with Crippen LogP contribution in [0.2, 0.25) is 0 Å². The molecule has 1 heterocycles. The molecular formula is C20H16FN3O6. The maximum absolute atomic E-state index is 13.1. The van der Waals surface area contributed by atoms with E-state index in [4.69, 9.17) is 0 Å². The van der Waals surface area contributed by atoms with Crippen molar-refractivity contribution in [2.45, 2.75) is 19.3 Å². The fourth-order valence-electron chi connectivity index (χ4n) is 3.06. The number of carbonyl (C=O) groups is 4. The molecule has 0 unspecified atom stereocenters. The quantitative estimate of drug-likeness (QED) is 0.311. The van der Waals surface area contributed by atoms with E-state index >= 15 is 0 Å². The average molecular weight is 413 g/mol. The fraction of sp³-hybridized carbons (Fsp3) is 0.200. The lowest BCUT2D eigenvalue weighted by Crippen LogP contribution is -2.56. The summed E-state index contributed by atoms with van der Waals surface area (Å²) >= 11 is 0. The zero-order valence-corrected chi connectivity index (χ0v) is 15.6. The molecule has 1 aliphatic rings. The van der Waals surface area contributed by atoms with Gasteiger partial charge in [0, 0.05) is 24.5 Å². The molecule has 9 nitrogen and oxygen atoms in total. The van der Waals surface area contributed by atoms with Gasteiger partial charge in [-0.2, -0.15) is 5.01 Å². The number of carbonyl (C=O) groups excluding carboxylic acids is 4. The van der Waals surface area contributed by atoms with E-state index in [9.17, 15) is 33.7 Å². The predicted molar refractivity (Wildman–Crippen MR) is 101 cm³/mol. The molecule has 0 saturated carbocycles. The van der Waals surface area contributed by atoms with Crippen molar-refractivity contribution in [3.05, 3.63) is 75.6 Å². The first-order valence-corrected chi connectivity index (χ1v) is 8.99. The lowest BCUT2D eigenvalue weighted by atomic mass is 10.1. The molecule has 0 atom stereocenters. The zero-order valence-electron chi connectivity index (χ0n) is 15.6. The first-order valence-electron chi connectivity index (χ1n) is 8.99. The number of hydrazine groups is 1. The Labute approximate surface area is 169 Å². The van der Waals surface area contributed by atoms with Crippen LogP contribution in [-0.2, 0) is 9.59 Å². The van der Waals surface area contributed by atoms with E-state index in [1.807, 2.05) is 0 Å².